The first-order valence-electron chi connectivity index (χ1n) is 6.50. The lowest BCUT2D eigenvalue weighted by Gasteiger charge is -2.50. The van der Waals surface area contributed by atoms with Gasteiger partial charge in [-0.25, -0.2) is 0 Å². The van der Waals surface area contributed by atoms with Crippen LogP contribution in [0.1, 0.15) is 37.8 Å². The molecule has 1 aromatic rings. The number of aryl methyl sites for hydroxylation is 2. The zero-order valence-electron chi connectivity index (χ0n) is 11.5. The molecule has 100 valence electrons. The Bertz CT molecular complexity index is 435. The lowest BCUT2D eigenvalue weighted by molar-refractivity contribution is -0.147. The van der Waals surface area contributed by atoms with Gasteiger partial charge in [0.15, 0.2) is 0 Å². The van der Waals surface area contributed by atoms with E-state index in [9.17, 15) is 5.11 Å². The molecule has 3 unspecified atom stereocenters. The van der Waals surface area contributed by atoms with Crippen molar-refractivity contribution in [2.75, 3.05) is 0 Å². The highest BCUT2D eigenvalue weighted by Crippen LogP contribution is 2.46. The molecule has 1 aliphatic carbocycles. The Hall–Kier alpha value is -0.730. The van der Waals surface area contributed by atoms with Crippen LogP contribution >= 0.6 is 11.6 Å². The Morgan fingerprint density at radius 1 is 1.39 bits per heavy atom. The summed E-state index contributed by atoms with van der Waals surface area (Å²) in [6.45, 7) is 8.20. The number of hydrogen-bond acceptors (Lipinski definition) is 2. The lowest BCUT2D eigenvalue weighted by Crippen LogP contribution is -2.57. The Morgan fingerprint density at radius 2 is 1.94 bits per heavy atom. The van der Waals surface area contributed by atoms with Gasteiger partial charge in [-0.1, -0.05) is 25.4 Å². The zero-order chi connectivity index (χ0) is 13.5. The SMILES string of the molecule is CCC1(C)C(O)CC1Oc1c(C)cc(Cl)cc1C. The summed E-state index contributed by atoms with van der Waals surface area (Å²) in [5, 5.41) is 10.6. The molecule has 18 heavy (non-hydrogen) atoms. The van der Waals surface area contributed by atoms with E-state index in [4.69, 9.17) is 16.3 Å². The first-order valence-corrected chi connectivity index (χ1v) is 6.87. The van der Waals surface area contributed by atoms with E-state index in [0.29, 0.717) is 6.42 Å². The van der Waals surface area contributed by atoms with Crippen LogP contribution in [0.2, 0.25) is 5.02 Å². The van der Waals surface area contributed by atoms with E-state index >= 15 is 0 Å². The Labute approximate surface area is 114 Å². The summed E-state index contributed by atoms with van der Waals surface area (Å²) in [6, 6.07) is 3.84. The standard InChI is InChI=1S/C15H21ClO2/c1-5-15(4)12(17)8-13(15)18-14-9(2)6-11(16)7-10(14)3/h6-7,12-13,17H,5,8H2,1-4H3. The largest absolute Gasteiger partial charge is 0.489 e. The molecular weight excluding hydrogens is 248 g/mol. The number of rotatable bonds is 3. The predicted molar refractivity (Wildman–Crippen MR) is 74.4 cm³/mol. The van der Waals surface area contributed by atoms with E-state index in [0.717, 1.165) is 28.3 Å². The molecule has 0 aromatic heterocycles. The van der Waals surface area contributed by atoms with Gasteiger partial charge in [-0.05, 0) is 43.5 Å². The first-order chi connectivity index (χ1) is 8.38. The van der Waals surface area contributed by atoms with Crippen LogP contribution in [-0.4, -0.2) is 17.3 Å². The maximum Gasteiger partial charge on any atom is 0.125 e. The molecular formula is C15H21ClO2. The highest BCUT2D eigenvalue weighted by Gasteiger charge is 2.51. The van der Waals surface area contributed by atoms with Gasteiger partial charge < -0.3 is 9.84 Å². The van der Waals surface area contributed by atoms with Crippen molar-refractivity contribution in [3.05, 3.63) is 28.3 Å². The molecule has 3 heteroatoms. The Balaban J connectivity index is 2.21. The molecule has 1 N–H and O–H groups in total. The highest BCUT2D eigenvalue weighted by atomic mass is 35.5. The van der Waals surface area contributed by atoms with Gasteiger partial charge in [-0.2, -0.15) is 0 Å². The summed E-state index contributed by atoms with van der Waals surface area (Å²) in [6.07, 6.45) is 1.48. The van der Waals surface area contributed by atoms with Crippen LogP contribution in [0.5, 0.6) is 5.75 Å². The normalized spacial score (nSPS) is 31.0. The molecule has 0 spiro atoms. The van der Waals surface area contributed by atoms with E-state index < -0.39 is 0 Å². The molecule has 1 aromatic carbocycles. The van der Waals surface area contributed by atoms with Gasteiger partial charge in [-0.3, -0.25) is 0 Å². The smallest absolute Gasteiger partial charge is 0.125 e. The number of hydrogen-bond donors (Lipinski definition) is 1. The fourth-order valence-electron chi connectivity index (χ4n) is 2.67. The maximum absolute atomic E-state index is 9.90. The van der Waals surface area contributed by atoms with E-state index in [1.165, 1.54) is 0 Å². The fourth-order valence-corrected chi connectivity index (χ4v) is 2.99. The second-order valence-electron chi connectivity index (χ2n) is 5.59. The van der Waals surface area contributed by atoms with Crippen LogP contribution in [0.4, 0.5) is 0 Å². The van der Waals surface area contributed by atoms with Gasteiger partial charge >= 0.3 is 0 Å². The lowest BCUT2D eigenvalue weighted by atomic mass is 9.63. The average molecular weight is 269 g/mol. The van der Waals surface area contributed by atoms with Gasteiger partial charge in [0.2, 0.25) is 0 Å². The summed E-state index contributed by atoms with van der Waals surface area (Å²) in [4.78, 5) is 0. The number of ether oxygens (including phenoxy) is 1. The van der Waals surface area contributed by atoms with Crippen LogP contribution in [-0.2, 0) is 0 Å². The van der Waals surface area contributed by atoms with Gasteiger partial charge in [0.1, 0.15) is 11.9 Å². The van der Waals surface area contributed by atoms with Crippen LogP contribution in [0.3, 0.4) is 0 Å². The minimum atomic E-state index is -0.250. The third kappa shape index (κ3) is 2.12. The second kappa shape index (κ2) is 4.75. The summed E-state index contributed by atoms with van der Waals surface area (Å²) in [7, 11) is 0. The van der Waals surface area contributed by atoms with Gasteiger partial charge in [0, 0.05) is 16.9 Å². The Morgan fingerprint density at radius 3 is 2.39 bits per heavy atom. The van der Waals surface area contributed by atoms with Crippen molar-refractivity contribution in [3.63, 3.8) is 0 Å². The number of halogens is 1. The second-order valence-corrected chi connectivity index (χ2v) is 6.02. The highest BCUT2D eigenvalue weighted by molar-refractivity contribution is 6.30. The third-order valence-corrected chi connectivity index (χ3v) is 4.60. The van der Waals surface area contributed by atoms with Crippen molar-refractivity contribution in [2.24, 2.45) is 5.41 Å². The summed E-state index contributed by atoms with van der Waals surface area (Å²) in [5.74, 6) is 0.913. The molecule has 2 nitrogen and oxygen atoms in total. The molecule has 0 bridgehead atoms. The molecule has 2 rings (SSSR count). The van der Waals surface area contributed by atoms with E-state index in [1.807, 2.05) is 26.0 Å². The van der Waals surface area contributed by atoms with E-state index in [-0.39, 0.29) is 17.6 Å². The van der Waals surface area contributed by atoms with Crippen LogP contribution in [0.25, 0.3) is 0 Å². The van der Waals surface area contributed by atoms with Gasteiger partial charge in [-0.15, -0.1) is 0 Å². The molecule has 1 saturated carbocycles. The van der Waals surface area contributed by atoms with Gasteiger partial charge in [0.25, 0.3) is 0 Å². The van der Waals surface area contributed by atoms with Gasteiger partial charge in [0.05, 0.1) is 6.10 Å². The molecule has 1 aliphatic rings. The van der Waals surface area contributed by atoms with Crippen LogP contribution in [0.15, 0.2) is 12.1 Å². The minimum absolute atomic E-state index is 0.0936. The summed E-state index contributed by atoms with van der Waals surface area (Å²) >= 11 is 6.02. The number of benzene rings is 1. The third-order valence-electron chi connectivity index (χ3n) is 4.38. The van der Waals surface area contributed by atoms with Crippen molar-refractivity contribution >= 4 is 11.6 Å². The zero-order valence-corrected chi connectivity index (χ0v) is 12.2. The molecule has 0 amide bonds. The summed E-state index contributed by atoms with van der Waals surface area (Å²) in [5.41, 5.74) is 1.98. The minimum Gasteiger partial charge on any atom is -0.489 e. The fraction of sp³-hybridized carbons (Fsp3) is 0.600. The molecule has 0 saturated heterocycles. The van der Waals surface area contributed by atoms with Crippen molar-refractivity contribution in [1.82, 2.24) is 0 Å². The molecule has 0 radical (unpaired) electrons. The van der Waals surface area contributed by atoms with Crippen molar-refractivity contribution in [3.8, 4) is 5.75 Å². The average Bonchev–Trinajstić information content (AvgIpc) is 2.30. The molecule has 0 aliphatic heterocycles. The topological polar surface area (TPSA) is 29.5 Å². The van der Waals surface area contributed by atoms with Crippen molar-refractivity contribution in [2.45, 2.75) is 52.7 Å². The number of aliphatic hydroxyl groups excluding tert-OH is 1. The number of aliphatic hydroxyl groups is 1. The van der Waals surface area contributed by atoms with Crippen molar-refractivity contribution in [1.29, 1.82) is 0 Å². The summed E-state index contributed by atoms with van der Waals surface area (Å²) < 4.78 is 6.13. The van der Waals surface area contributed by atoms with Crippen molar-refractivity contribution < 1.29 is 9.84 Å². The molecule has 0 heterocycles. The predicted octanol–water partition coefficient (Wildman–Crippen LogP) is 3.89. The quantitative estimate of drug-likeness (QED) is 0.901. The monoisotopic (exact) mass is 268 g/mol. The molecule has 3 atom stereocenters. The molecule has 1 fully saturated rings. The van der Waals surface area contributed by atoms with Crippen LogP contribution < -0.4 is 4.74 Å². The maximum atomic E-state index is 9.90. The van der Waals surface area contributed by atoms with Crippen LogP contribution in [0, 0.1) is 19.3 Å². The first kappa shape index (κ1) is 13.7. The van der Waals surface area contributed by atoms with E-state index in [2.05, 4.69) is 13.8 Å². The Kier molecular flexibility index (Phi) is 3.61. The van der Waals surface area contributed by atoms with E-state index in [1.54, 1.807) is 0 Å².